The van der Waals surface area contributed by atoms with Crippen molar-refractivity contribution in [3.63, 3.8) is 0 Å². The molecule has 1 saturated heterocycles. The fraction of sp³-hybridized carbons (Fsp3) is 0.192. The molecule has 2 aromatic carbocycles. The first-order valence-corrected chi connectivity index (χ1v) is 11.9. The fourth-order valence-corrected chi connectivity index (χ4v) is 4.37. The number of anilines is 2. The number of thiophene rings is 1. The smallest absolute Gasteiger partial charge is 0.272 e. The van der Waals surface area contributed by atoms with E-state index in [0.717, 1.165) is 17.0 Å². The van der Waals surface area contributed by atoms with Crippen molar-refractivity contribution in [3.05, 3.63) is 76.1 Å². The topological polar surface area (TPSA) is 97.0 Å². The summed E-state index contributed by atoms with van der Waals surface area (Å²) in [6.45, 7) is 0.654. The third-order valence-electron chi connectivity index (χ3n) is 5.46. The minimum absolute atomic E-state index is 0.0638. The van der Waals surface area contributed by atoms with E-state index in [2.05, 4.69) is 10.6 Å². The van der Waals surface area contributed by atoms with Crippen molar-refractivity contribution >= 4 is 46.5 Å². The Kier molecular flexibility index (Phi) is 7.47. The van der Waals surface area contributed by atoms with Gasteiger partial charge in [-0.1, -0.05) is 12.1 Å². The Bertz CT molecular complexity index is 1270. The average molecular weight is 492 g/mol. The molecule has 0 unspecified atom stereocenters. The van der Waals surface area contributed by atoms with Crippen LogP contribution in [0.1, 0.15) is 28.1 Å². The van der Waals surface area contributed by atoms with Gasteiger partial charge >= 0.3 is 0 Å². The van der Waals surface area contributed by atoms with Gasteiger partial charge in [0, 0.05) is 34.8 Å². The standard InChI is InChI=1S/C26H25N3O5S/c1-33-22-11-10-17(14-23(22)34-2)25(31)28-21(16-20-8-5-13-35-20)26(32)27-18-6-3-7-19(15-18)29-12-4-9-24(29)30/h3,5-8,10-11,13-16H,4,9,12H2,1-2H3,(H,27,32)(H,28,31)/b21-16-. The van der Waals surface area contributed by atoms with Gasteiger partial charge in [-0.15, -0.1) is 11.3 Å². The van der Waals surface area contributed by atoms with Crippen LogP contribution in [0.2, 0.25) is 0 Å². The van der Waals surface area contributed by atoms with Crippen LogP contribution >= 0.6 is 11.3 Å². The molecule has 35 heavy (non-hydrogen) atoms. The zero-order valence-corrected chi connectivity index (χ0v) is 20.2. The molecule has 0 bridgehead atoms. The summed E-state index contributed by atoms with van der Waals surface area (Å²) in [4.78, 5) is 40.8. The van der Waals surface area contributed by atoms with Crippen LogP contribution in [-0.4, -0.2) is 38.5 Å². The molecular formula is C26H25N3O5S. The average Bonchev–Trinajstić information content (AvgIpc) is 3.54. The van der Waals surface area contributed by atoms with Gasteiger partial charge in [-0.3, -0.25) is 14.4 Å². The van der Waals surface area contributed by atoms with Gasteiger partial charge in [-0.05, 0) is 60.3 Å². The predicted octanol–water partition coefficient (Wildman–Crippen LogP) is 4.30. The third-order valence-corrected chi connectivity index (χ3v) is 6.28. The normalized spacial score (nSPS) is 13.5. The Balaban J connectivity index is 1.56. The van der Waals surface area contributed by atoms with Gasteiger partial charge in [0.1, 0.15) is 5.70 Å². The summed E-state index contributed by atoms with van der Waals surface area (Å²) in [6.07, 6.45) is 2.95. The summed E-state index contributed by atoms with van der Waals surface area (Å²) in [7, 11) is 3.00. The van der Waals surface area contributed by atoms with Crippen molar-refractivity contribution in [1.29, 1.82) is 0 Å². The maximum Gasteiger partial charge on any atom is 0.272 e. The van der Waals surface area contributed by atoms with E-state index < -0.39 is 11.8 Å². The lowest BCUT2D eigenvalue weighted by atomic mass is 10.1. The molecule has 3 amide bonds. The molecule has 0 spiro atoms. The van der Waals surface area contributed by atoms with Crippen molar-refractivity contribution < 1.29 is 23.9 Å². The van der Waals surface area contributed by atoms with Gasteiger partial charge in [0.25, 0.3) is 11.8 Å². The zero-order chi connectivity index (χ0) is 24.8. The van der Waals surface area contributed by atoms with Gasteiger partial charge in [-0.2, -0.15) is 0 Å². The quantitative estimate of drug-likeness (QED) is 0.458. The number of nitrogens with one attached hydrogen (secondary N) is 2. The van der Waals surface area contributed by atoms with Crippen molar-refractivity contribution in [2.24, 2.45) is 0 Å². The Morgan fingerprint density at radius 1 is 1.03 bits per heavy atom. The van der Waals surface area contributed by atoms with Crippen molar-refractivity contribution in [3.8, 4) is 11.5 Å². The van der Waals surface area contributed by atoms with Gasteiger partial charge in [-0.25, -0.2) is 0 Å². The molecule has 8 nitrogen and oxygen atoms in total. The zero-order valence-electron chi connectivity index (χ0n) is 19.4. The van der Waals surface area contributed by atoms with Crippen LogP contribution in [0.25, 0.3) is 6.08 Å². The molecule has 1 aromatic heterocycles. The van der Waals surface area contributed by atoms with E-state index in [1.807, 2.05) is 23.6 Å². The number of carbonyl (C=O) groups excluding carboxylic acids is 3. The van der Waals surface area contributed by atoms with E-state index in [4.69, 9.17) is 9.47 Å². The maximum absolute atomic E-state index is 13.2. The molecule has 0 saturated carbocycles. The molecule has 1 fully saturated rings. The highest BCUT2D eigenvalue weighted by molar-refractivity contribution is 7.10. The van der Waals surface area contributed by atoms with E-state index in [-0.39, 0.29) is 11.6 Å². The van der Waals surface area contributed by atoms with Gasteiger partial charge in [0.2, 0.25) is 5.91 Å². The number of hydrogen-bond acceptors (Lipinski definition) is 6. The maximum atomic E-state index is 13.2. The number of carbonyl (C=O) groups is 3. The molecule has 0 aliphatic carbocycles. The molecule has 180 valence electrons. The van der Waals surface area contributed by atoms with Crippen LogP contribution in [0.15, 0.2) is 65.7 Å². The lowest BCUT2D eigenvalue weighted by Crippen LogP contribution is -2.31. The van der Waals surface area contributed by atoms with Crippen molar-refractivity contribution in [2.75, 3.05) is 31.0 Å². The number of hydrogen-bond donors (Lipinski definition) is 2. The first-order chi connectivity index (χ1) is 17.0. The SMILES string of the molecule is COc1ccc(C(=O)N/C(=C\c2cccs2)C(=O)Nc2cccc(N3CCCC3=O)c2)cc1OC. The molecule has 1 aliphatic rings. The summed E-state index contributed by atoms with van der Waals surface area (Å²) >= 11 is 1.44. The monoisotopic (exact) mass is 491 g/mol. The van der Waals surface area contributed by atoms with Gasteiger partial charge in [0.05, 0.1) is 14.2 Å². The minimum Gasteiger partial charge on any atom is -0.493 e. The summed E-state index contributed by atoms with van der Waals surface area (Å²) in [6, 6.07) is 15.6. The minimum atomic E-state index is -0.489. The second-order valence-corrected chi connectivity index (χ2v) is 8.73. The van der Waals surface area contributed by atoms with Crippen LogP contribution in [0.4, 0.5) is 11.4 Å². The molecule has 4 rings (SSSR count). The highest BCUT2D eigenvalue weighted by atomic mass is 32.1. The number of nitrogens with zero attached hydrogens (tertiary/aromatic N) is 1. The van der Waals surface area contributed by atoms with E-state index in [1.165, 1.54) is 25.6 Å². The first kappa shape index (κ1) is 24.0. The second-order valence-electron chi connectivity index (χ2n) is 7.75. The van der Waals surface area contributed by atoms with E-state index >= 15 is 0 Å². The molecule has 9 heteroatoms. The summed E-state index contributed by atoms with van der Waals surface area (Å²) in [5.41, 5.74) is 1.63. The van der Waals surface area contributed by atoms with Crippen LogP contribution in [0.3, 0.4) is 0 Å². The number of ether oxygens (including phenoxy) is 2. The Labute approximate surface area is 207 Å². The van der Waals surface area contributed by atoms with Crippen LogP contribution in [0, 0.1) is 0 Å². The number of methoxy groups -OCH3 is 2. The van der Waals surface area contributed by atoms with E-state index in [9.17, 15) is 14.4 Å². The fourth-order valence-electron chi connectivity index (χ4n) is 3.72. The van der Waals surface area contributed by atoms with Crippen LogP contribution in [0.5, 0.6) is 11.5 Å². The first-order valence-electron chi connectivity index (χ1n) is 11.0. The highest BCUT2D eigenvalue weighted by Crippen LogP contribution is 2.28. The Morgan fingerprint density at radius 3 is 2.54 bits per heavy atom. The summed E-state index contributed by atoms with van der Waals surface area (Å²) in [5.74, 6) is 0.000519. The lowest BCUT2D eigenvalue weighted by Gasteiger charge is -2.17. The van der Waals surface area contributed by atoms with Crippen LogP contribution in [-0.2, 0) is 9.59 Å². The van der Waals surface area contributed by atoms with Gasteiger partial charge in [0.15, 0.2) is 11.5 Å². The number of rotatable bonds is 8. The van der Waals surface area contributed by atoms with Crippen molar-refractivity contribution in [2.45, 2.75) is 12.8 Å². The second kappa shape index (κ2) is 10.9. The molecular weight excluding hydrogens is 466 g/mol. The largest absolute Gasteiger partial charge is 0.493 e. The molecule has 0 atom stereocenters. The third kappa shape index (κ3) is 5.70. The predicted molar refractivity (Wildman–Crippen MR) is 136 cm³/mol. The molecule has 1 aliphatic heterocycles. The molecule has 2 N–H and O–H groups in total. The van der Waals surface area contributed by atoms with Gasteiger partial charge < -0.3 is 25.0 Å². The Hall–Kier alpha value is -4.11. The Morgan fingerprint density at radius 2 is 1.86 bits per heavy atom. The molecule has 2 heterocycles. The lowest BCUT2D eigenvalue weighted by molar-refractivity contribution is -0.117. The molecule has 0 radical (unpaired) electrons. The number of benzene rings is 2. The highest BCUT2D eigenvalue weighted by Gasteiger charge is 2.22. The van der Waals surface area contributed by atoms with Crippen molar-refractivity contribution in [1.82, 2.24) is 5.32 Å². The summed E-state index contributed by atoms with van der Waals surface area (Å²) in [5, 5.41) is 7.43. The number of amides is 3. The summed E-state index contributed by atoms with van der Waals surface area (Å²) < 4.78 is 10.5. The van der Waals surface area contributed by atoms with Crippen LogP contribution < -0.4 is 25.0 Å². The van der Waals surface area contributed by atoms with E-state index in [1.54, 1.807) is 47.4 Å². The molecule has 3 aromatic rings. The van der Waals surface area contributed by atoms with E-state index in [0.29, 0.717) is 35.7 Å².